The first-order chi connectivity index (χ1) is 7.16. The Bertz CT molecular complexity index is 364. The maximum absolute atomic E-state index is 2.35. The average Bonchev–Trinajstić information content (AvgIpc) is 2.14. The van der Waals surface area contributed by atoms with E-state index >= 15 is 0 Å². The van der Waals surface area contributed by atoms with Crippen molar-refractivity contribution in [1.82, 2.24) is 0 Å². The van der Waals surface area contributed by atoms with Crippen molar-refractivity contribution in [1.29, 1.82) is 0 Å². The lowest BCUT2D eigenvalue weighted by atomic mass is 9.75. The molecule has 0 spiro atoms. The van der Waals surface area contributed by atoms with E-state index in [1.54, 1.807) is 0 Å². The molecule has 0 fully saturated rings. The summed E-state index contributed by atoms with van der Waals surface area (Å²) in [6, 6.07) is 6.89. The van der Waals surface area contributed by atoms with Gasteiger partial charge in [0.15, 0.2) is 0 Å². The van der Waals surface area contributed by atoms with E-state index in [-0.39, 0.29) is 10.8 Å². The van der Waals surface area contributed by atoms with Crippen LogP contribution in [-0.4, -0.2) is 6.26 Å². The van der Waals surface area contributed by atoms with E-state index in [9.17, 15) is 0 Å². The summed E-state index contributed by atoms with van der Waals surface area (Å²) in [7, 11) is 0. The molecule has 90 valence electrons. The van der Waals surface area contributed by atoms with Crippen molar-refractivity contribution in [3.8, 4) is 0 Å². The van der Waals surface area contributed by atoms with E-state index in [0.717, 1.165) is 0 Å². The topological polar surface area (TPSA) is 0 Å². The number of hydrogen-bond donors (Lipinski definition) is 0. The van der Waals surface area contributed by atoms with Crippen LogP contribution >= 0.6 is 11.8 Å². The highest BCUT2D eigenvalue weighted by Crippen LogP contribution is 2.35. The summed E-state index contributed by atoms with van der Waals surface area (Å²) in [6.45, 7) is 13.7. The van der Waals surface area contributed by atoms with Crippen LogP contribution < -0.4 is 0 Å². The van der Waals surface area contributed by atoms with Gasteiger partial charge in [-0.1, -0.05) is 47.6 Å². The van der Waals surface area contributed by atoms with E-state index in [1.807, 2.05) is 11.8 Å². The molecule has 1 aromatic carbocycles. The van der Waals surface area contributed by atoms with E-state index in [2.05, 4.69) is 66.0 Å². The van der Waals surface area contributed by atoms with Crippen molar-refractivity contribution in [2.75, 3.05) is 6.26 Å². The first-order valence-corrected chi connectivity index (χ1v) is 7.08. The summed E-state index contributed by atoms with van der Waals surface area (Å²) in [5, 5.41) is 0. The molecule has 0 heterocycles. The van der Waals surface area contributed by atoms with Crippen LogP contribution in [0.2, 0.25) is 0 Å². The predicted molar refractivity (Wildman–Crippen MR) is 75.6 cm³/mol. The Kier molecular flexibility index (Phi) is 3.79. The van der Waals surface area contributed by atoms with Crippen molar-refractivity contribution in [2.45, 2.75) is 57.3 Å². The highest BCUT2D eigenvalue weighted by atomic mass is 32.2. The zero-order chi connectivity index (χ0) is 12.6. The standard InChI is InChI=1S/C15H24S/c1-14(2,3)12-9-8-11(16-7)10-13(12)15(4,5)6/h8-10H,1-7H3. The molecule has 0 aliphatic heterocycles. The van der Waals surface area contributed by atoms with E-state index in [1.165, 1.54) is 16.0 Å². The Morgan fingerprint density at radius 3 is 1.69 bits per heavy atom. The zero-order valence-electron chi connectivity index (χ0n) is 11.6. The molecule has 0 aromatic heterocycles. The van der Waals surface area contributed by atoms with Crippen LogP contribution in [0.15, 0.2) is 23.1 Å². The number of thioether (sulfide) groups is 1. The summed E-state index contributed by atoms with van der Waals surface area (Å²) in [5.74, 6) is 0. The molecule has 0 atom stereocenters. The van der Waals surface area contributed by atoms with Crippen molar-refractivity contribution in [3.05, 3.63) is 29.3 Å². The molecule has 0 radical (unpaired) electrons. The van der Waals surface area contributed by atoms with Gasteiger partial charge in [0.05, 0.1) is 0 Å². The lowest BCUT2D eigenvalue weighted by Crippen LogP contribution is -2.21. The van der Waals surface area contributed by atoms with Gasteiger partial charge in [-0.2, -0.15) is 0 Å². The Labute approximate surface area is 105 Å². The predicted octanol–water partition coefficient (Wildman–Crippen LogP) is 5.00. The molecule has 1 aromatic rings. The minimum atomic E-state index is 0.217. The summed E-state index contributed by atoms with van der Waals surface area (Å²) < 4.78 is 0. The number of benzene rings is 1. The molecule has 0 saturated carbocycles. The second kappa shape index (κ2) is 4.44. The minimum Gasteiger partial charge on any atom is -0.130 e. The highest BCUT2D eigenvalue weighted by molar-refractivity contribution is 7.98. The Balaban J connectivity index is 3.40. The maximum atomic E-state index is 2.35. The second-order valence-electron chi connectivity index (χ2n) is 6.41. The fraction of sp³-hybridized carbons (Fsp3) is 0.600. The monoisotopic (exact) mass is 236 g/mol. The van der Waals surface area contributed by atoms with Gasteiger partial charge in [-0.25, -0.2) is 0 Å². The molecule has 0 N–H and O–H groups in total. The quantitative estimate of drug-likeness (QED) is 0.618. The van der Waals surface area contributed by atoms with Crippen LogP contribution in [0.3, 0.4) is 0 Å². The summed E-state index contributed by atoms with van der Waals surface area (Å²) >= 11 is 1.82. The molecule has 0 bridgehead atoms. The van der Waals surface area contributed by atoms with Gasteiger partial charge in [-0.05, 0) is 40.3 Å². The van der Waals surface area contributed by atoms with Gasteiger partial charge < -0.3 is 0 Å². The van der Waals surface area contributed by atoms with Crippen LogP contribution in [0.5, 0.6) is 0 Å². The Morgan fingerprint density at radius 1 is 0.812 bits per heavy atom. The Morgan fingerprint density at radius 2 is 1.31 bits per heavy atom. The fourth-order valence-electron chi connectivity index (χ4n) is 1.92. The Hall–Kier alpha value is -0.430. The largest absolute Gasteiger partial charge is 0.130 e. The lowest BCUT2D eigenvalue weighted by molar-refractivity contribution is 0.529. The minimum absolute atomic E-state index is 0.217. The first-order valence-electron chi connectivity index (χ1n) is 5.85. The maximum Gasteiger partial charge on any atom is 0.00722 e. The van der Waals surface area contributed by atoms with Gasteiger partial charge in [0.25, 0.3) is 0 Å². The third kappa shape index (κ3) is 3.04. The van der Waals surface area contributed by atoms with Crippen LogP contribution in [-0.2, 0) is 10.8 Å². The molecule has 0 saturated heterocycles. The fourth-order valence-corrected chi connectivity index (χ4v) is 2.36. The van der Waals surface area contributed by atoms with Crippen LogP contribution in [0.1, 0.15) is 52.7 Å². The highest BCUT2D eigenvalue weighted by Gasteiger charge is 2.24. The molecule has 1 rings (SSSR count). The lowest BCUT2D eigenvalue weighted by Gasteiger charge is -2.30. The van der Waals surface area contributed by atoms with Crippen LogP contribution in [0.25, 0.3) is 0 Å². The van der Waals surface area contributed by atoms with Crippen molar-refractivity contribution >= 4 is 11.8 Å². The summed E-state index contributed by atoms with van der Waals surface area (Å²) in [5.41, 5.74) is 3.39. The van der Waals surface area contributed by atoms with Gasteiger partial charge in [-0.15, -0.1) is 11.8 Å². The van der Waals surface area contributed by atoms with E-state index in [4.69, 9.17) is 0 Å². The van der Waals surface area contributed by atoms with Crippen LogP contribution in [0, 0.1) is 0 Å². The van der Waals surface area contributed by atoms with Crippen molar-refractivity contribution in [3.63, 3.8) is 0 Å². The van der Waals surface area contributed by atoms with E-state index < -0.39 is 0 Å². The zero-order valence-corrected chi connectivity index (χ0v) is 12.5. The van der Waals surface area contributed by atoms with Crippen molar-refractivity contribution in [2.24, 2.45) is 0 Å². The molecule has 1 heteroatoms. The summed E-state index contributed by atoms with van der Waals surface area (Å²) in [6.07, 6.45) is 2.14. The molecular formula is C15H24S. The SMILES string of the molecule is CSc1ccc(C(C)(C)C)c(C(C)(C)C)c1. The third-order valence-electron chi connectivity index (χ3n) is 2.84. The van der Waals surface area contributed by atoms with Gasteiger partial charge >= 0.3 is 0 Å². The van der Waals surface area contributed by atoms with Gasteiger partial charge in [-0.3, -0.25) is 0 Å². The van der Waals surface area contributed by atoms with Gasteiger partial charge in [0, 0.05) is 4.90 Å². The molecule has 0 nitrogen and oxygen atoms in total. The third-order valence-corrected chi connectivity index (χ3v) is 3.57. The van der Waals surface area contributed by atoms with E-state index in [0.29, 0.717) is 0 Å². The number of hydrogen-bond acceptors (Lipinski definition) is 1. The second-order valence-corrected chi connectivity index (χ2v) is 7.29. The molecule has 0 aliphatic carbocycles. The van der Waals surface area contributed by atoms with Crippen LogP contribution in [0.4, 0.5) is 0 Å². The number of rotatable bonds is 1. The van der Waals surface area contributed by atoms with Gasteiger partial charge in [0.1, 0.15) is 0 Å². The average molecular weight is 236 g/mol. The smallest absolute Gasteiger partial charge is 0.00722 e. The normalized spacial score (nSPS) is 12.9. The van der Waals surface area contributed by atoms with Gasteiger partial charge in [0.2, 0.25) is 0 Å². The van der Waals surface area contributed by atoms with Crippen molar-refractivity contribution < 1.29 is 0 Å². The molecular weight excluding hydrogens is 212 g/mol. The molecule has 0 unspecified atom stereocenters. The molecule has 0 amide bonds. The summed E-state index contributed by atoms with van der Waals surface area (Å²) in [4.78, 5) is 1.36. The molecule has 0 aliphatic rings. The first kappa shape index (κ1) is 13.6. The molecule has 16 heavy (non-hydrogen) atoms.